The smallest absolute Gasteiger partial charge is 0.226 e. The van der Waals surface area contributed by atoms with Crippen molar-refractivity contribution in [2.24, 2.45) is 0 Å². The second-order valence-electron chi connectivity index (χ2n) is 8.27. The monoisotopic (exact) mass is 478 g/mol. The lowest BCUT2D eigenvalue weighted by Crippen LogP contribution is -2.35. The molecule has 1 fully saturated rings. The second kappa shape index (κ2) is 11.3. The Labute approximate surface area is 206 Å². The van der Waals surface area contributed by atoms with Crippen LogP contribution in [0.15, 0.2) is 36.5 Å². The van der Waals surface area contributed by atoms with Gasteiger partial charge >= 0.3 is 0 Å². The molecule has 4 rings (SSSR count). The molecule has 2 atom stereocenters. The third kappa shape index (κ3) is 5.30. The highest BCUT2D eigenvalue weighted by atomic mass is 16.5. The molecular formula is C26H34N6O3. The lowest BCUT2D eigenvalue weighted by Gasteiger charge is -2.22. The number of rotatable bonds is 10. The summed E-state index contributed by atoms with van der Waals surface area (Å²) in [6.07, 6.45) is 3.29. The van der Waals surface area contributed by atoms with Gasteiger partial charge in [-0.1, -0.05) is 19.9 Å². The van der Waals surface area contributed by atoms with Crippen LogP contribution in [0.1, 0.15) is 32.2 Å². The van der Waals surface area contributed by atoms with E-state index in [0.29, 0.717) is 18.4 Å². The van der Waals surface area contributed by atoms with Gasteiger partial charge in [0.25, 0.3) is 0 Å². The minimum absolute atomic E-state index is 0.0177. The highest BCUT2D eigenvalue weighted by Crippen LogP contribution is 2.33. The standard InChI is InChI=1S/C26H34N6O3/c1-6-18-24(17-12-13-23(33-4)31-26(17)34-5)28-19(7-2)25(29-18)30-20-15-32(16-21(20)35-8-3)22-11-9-10-14-27-22/h9-14,20-21H,6-8,15-16H2,1-5H3,(H,29,30)/t20-,21?/m1/s1. The third-order valence-corrected chi connectivity index (χ3v) is 6.14. The molecule has 9 nitrogen and oxygen atoms in total. The Morgan fingerprint density at radius 3 is 2.43 bits per heavy atom. The first-order valence-corrected chi connectivity index (χ1v) is 12.1. The number of nitrogens with one attached hydrogen (secondary N) is 1. The maximum absolute atomic E-state index is 6.10. The van der Waals surface area contributed by atoms with Gasteiger partial charge in [0.1, 0.15) is 11.6 Å². The van der Waals surface area contributed by atoms with Crippen molar-refractivity contribution >= 4 is 11.6 Å². The van der Waals surface area contributed by atoms with Gasteiger partial charge in [0.2, 0.25) is 11.8 Å². The van der Waals surface area contributed by atoms with Crippen molar-refractivity contribution in [3.05, 3.63) is 47.9 Å². The number of hydrogen-bond donors (Lipinski definition) is 1. The van der Waals surface area contributed by atoms with Crippen molar-refractivity contribution in [2.75, 3.05) is 44.1 Å². The van der Waals surface area contributed by atoms with Crippen molar-refractivity contribution in [1.82, 2.24) is 19.9 Å². The zero-order valence-corrected chi connectivity index (χ0v) is 21.1. The molecule has 0 saturated carbocycles. The number of nitrogens with zero attached hydrogens (tertiary/aromatic N) is 5. The number of anilines is 2. The fraction of sp³-hybridized carbons (Fsp3) is 0.462. The highest BCUT2D eigenvalue weighted by Gasteiger charge is 2.35. The average molecular weight is 479 g/mol. The molecule has 0 aromatic carbocycles. The molecule has 1 unspecified atom stereocenters. The van der Waals surface area contributed by atoms with Gasteiger partial charge in [0, 0.05) is 32.0 Å². The molecule has 1 aliphatic rings. The zero-order valence-electron chi connectivity index (χ0n) is 21.1. The molecular weight excluding hydrogens is 444 g/mol. The fourth-order valence-electron chi connectivity index (χ4n) is 4.40. The van der Waals surface area contributed by atoms with Crippen LogP contribution in [0.4, 0.5) is 11.6 Å². The van der Waals surface area contributed by atoms with Gasteiger partial charge in [-0.05, 0) is 38.0 Å². The summed E-state index contributed by atoms with van der Waals surface area (Å²) in [6, 6.07) is 9.77. The molecule has 1 saturated heterocycles. The molecule has 35 heavy (non-hydrogen) atoms. The van der Waals surface area contributed by atoms with Crippen LogP contribution in [0.3, 0.4) is 0 Å². The molecule has 0 radical (unpaired) electrons. The maximum atomic E-state index is 6.10. The summed E-state index contributed by atoms with van der Waals surface area (Å²) in [5.74, 6) is 2.71. The molecule has 0 spiro atoms. The fourth-order valence-corrected chi connectivity index (χ4v) is 4.40. The van der Waals surface area contributed by atoms with E-state index in [-0.39, 0.29) is 12.1 Å². The van der Waals surface area contributed by atoms with Crippen LogP contribution in [-0.4, -0.2) is 66.0 Å². The molecule has 0 amide bonds. The molecule has 4 heterocycles. The number of aromatic nitrogens is 4. The van der Waals surface area contributed by atoms with Gasteiger partial charge in [0.15, 0.2) is 0 Å². The highest BCUT2D eigenvalue weighted by molar-refractivity contribution is 5.69. The van der Waals surface area contributed by atoms with E-state index in [1.54, 1.807) is 14.2 Å². The zero-order chi connectivity index (χ0) is 24.8. The normalized spacial score (nSPS) is 17.5. The molecule has 1 aliphatic heterocycles. The van der Waals surface area contributed by atoms with Crippen molar-refractivity contribution in [2.45, 2.75) is 45.8 Å². The molecule has 3 aromatic rings. The predicted octanol–water partition coefficient (Wildman–Crippen LogP) is 3.78. The van der Waals surface area contributed by atoms with E-state index in [1.807, 2.05) is 43.5 Å². The quantitative estimate of drug-likeness (QED) is 0.467. The van der Waals surface area contributed by atoms with Crippen molar-refractivity contribution < 1.29 is 14.2 Å². The summed E-state index contributed by atoms with van der Waals surface area (Å²) in [7, 11) is 3.18. The van der Waals surface area contributed by atoms with E-state index < -0.39 is 0 Å². The Kier molecular flexibility index (Phi) is 7.97. The number of methoxy groups -OCH3 is 2. The molecule has 0 bridgehead atoms. The molecule has 1 N–H and O–H groups in total. The Bertz CT molecular complexity index is 1130. The van der Waals surface area contributed by atoms with Crippen LogP contribution in [0.25, 0.3) is 11.3 Å². The van der Waals surface area contributed by atoms with Crippen LogP contribution in [0, 0.1) is 0 Å². The van der Waals surface area contributed by atoms with E-state index in [1.165, 1.54) is 0 Å². The summed E-state index contributed by atoms with van der Waals surface area (Å²) in [4.78, 5) is 21.3. The first-order chi connectivity index (χ1) is 17.1. The van der Waals surface area contributed by atoms with Crippen LogP contribution in [0.2, 0.25) is 0 Å². The Morgan fingerprint density at radius 2 is 1.77 bits per heavy atom. The summed E-state index contributed by atoms with van der Waals surface area (Å²) >= 11 is 0. The summed E-state index contributed by atoms with van der Waals surface area (Å²) in [6.45, 7) is 8.38. The van der Waals surface area contributed by atoms with Gasteiger partial charge < -0.3 is 24.4 Å². The van der Waals surface area contributed by atoms with Crippen LogP contribution in [-0.2, 0) is 17.6 Å². The minimum Gasteiger partial charge on any atom is -0.481 e. The van der Waals surface area contributed by atoms with E-state index in [4.69, 9.17) is 24.2 Å². The predicted molar refractivity (Wildman–Crippen MR) is 136 cm³/mol. The van der Waals surface area contributed by atoms with Gasteiger partial charge in [-0.25, -0.2) is 15.0 Å². The van der Waals surface area contributed by atoms with Crippen LogP contribution in [0.5, 0.6) is 11.8 Å². The number of ether oxygens (including phenoxy) is 3. The van der Waals surface area contributed by atoms with Gasteiger partial charge in [0.05, 0.1) is 49.0 Å². The van der Waals surface area contributed by atoms with E-state index in [9.17, 15) is 0 Å². The Hall–Kier alpha value is -3.46. The van der Waals surface area contributed by atoms with Gasteiger partial charge in [-0.2, -0.15) is 4.98 Å². The van der Waals surface area contributed by atoms with Crippen molar-refractivity contribution in [1.29, 1.82) is 0 Å². The topological polar surface area (TPSA) is 94.5 Å². The van der Waals surface area contributed by atoms with Gasteiger partial charge in [-0.3, -0.25) is 0 Å². The number of aryl methyl sites for hydroxylation is 2. The number of pyridine rings is 2. The van der Waals surface area contributed by atoms with E-state index in [2.05, 4.69) is 34.0 Å². The van der Waals surface area contributed by atoms with E-state index in [0.717, 1.165) is 60.2 Å². The summed E-state index contributed by atoms with van der Waals surface area (Å²) in [5, 5.41) is 3.66. The molecule has 186 valence electrons. The number of hydrogen-bond acceptors (Lipinski definition) is 9. The van der Waals surface area contributed by atoms with Crippen molar-refractivity contribution in [3.8, 4) is 23.0 Å². The lowest BCUT2D eigenvalue weighted by atomic mass is 10.1. The first-order valence-electron chi connectivity index (χ1n) is 12.1. The minimum atomic E-state index is 0.0177. The average Bonchev–Trinajstić information content (AvgIpc) is 3.31. The Balaban J connectivity index is 1.66. The SMILES string of the molecule is CCOC1CN(c2ccccn2)C[C@H]1Nc1nc(CC)c(-c2ccc(OC)nc2OC)nc1CC. The van der Waals surface area contributed by atoms with Crippen molar-refractivity contribution in [3.63, 3.8) is 0 Å². The van der Waals surface area contributed by atoms with Gasteiger partial charge in [-0.15, -0.1) is 0 Å². The first kappa shape index (κ1) is 24.7. The largest absolute Gasteiger partial charge is 0.481 e. The molecule has 3 aromatic heterocycles. The summed E-state index contributed by atoms with van der Waals surface area (Å²) in [5.41, 5.74) is 3.35. The maximum Gasteiger partial charge on any atom is 0.226 e. The molecule has 0 aliphatic carbocycles. The van der Waals surface area contributed by atoms with Crippen LogP contribution >= 0.6 is 0 Å². The summed E-state index contributed by atoms with van der Waals surface area (Å²) < 4.78 is 16.9. The third-order valence-electron chi connectivity index (χ3n) is 6.14. The van der Waals surface area contributed by atoms with Crippen LogP contribution < -0.4 is 19.7 Å². The molecule has 9 heteroatoms. The Morgan fingerprint density at radius 1 is 0.943 bits per heavy atom. The van der Waals surface area contributed by atoms with E-state index >= 15 is 0 Å². The second-order valence-corrected chi connectivity index (χ2v) is 8.27. The lowest BCUT2D eigenvalue weighted by molar-refractivity contribution is 0.0719.